The van der Waals surface area contributed by atoms with Crippen LogP contribution in [-0.2, 0) is 0 Å². The van der Waals surface area contributed by atoms with E-state index < -0.39 is 0 Å². The Morgan fingerprint density at radius 2 is 2.21 bits per heavy atom. The summed E-state index contributed by atoms with van der Waals surface area (Å²) in [5, 5.41) is 0.764. The van der Waals surface area contributed by atoms with Crippen molar-refractivity contribution >= 4 is 17.2 Å². The fourth-order valence-corrected chi connectivity index (χ4v) is 2.06. The van der Waals surface area contributed by atoms with Gasteiger partial charge < -0.3 is 4.40 Å². The van der Waals surface area contributed by atoms with Crippen molar-refractivity contribution in [2.45, 2.75) is 25.7 Å². The summed E-state index contributed by atoms with van der Waals surface area (Å²) in [7, 11) is 0. The van der Waals surface area contributed by atoms with Crippen molar-refractivity contribution in [2.75, 3.05) is 0 Å². The van der Waals surface area contributed by atoms with Crippen LogP contribution in [0.1, 0.15) is 30.1 Å². The van der Waals surface area contributed by atoms with E-state index in [1.54, 1.807) is 0 Å². The maximum Gasteiger partial charge on any atom is 0.137 e. The van der Waals surface area contributed by atoms with E-state index >= 15 is 0 Å². The Kier molecular flexibility index (Phi) is 1.62. The van der Waals surface area contributed by atoms with E-state index in [1.165, 1.54) is 24.2 Å². The number of fused-ring (bicyclic) bond motifs is 1. The highest BCUT2D eigenvalue weighted by atomic mass is 35.5. The second-order valence-corrected chi connectivity index (χ2v) is 4.37. The molecule has 2 heterocycles. The Morgan fingerprint density at radius 1 is 1.43 bits per heavy atom. The van der Waals surface area contributed by atoms with Gasteiger partial charge in [0.05, 0.1) is 10.7 Å². The minimum Gasteiger partial charge on any atom is -0.303 e. The predicted octanol–water partition coefficient (Wildman–Crippen LogP) is 3.17. The molecule has 1 saturated carbocycles. The lowest BCUT2D eigenvalue weighted by Gasteiger charge is -1.97. The van der Waals surface area contributed by atoms with Gasteiger partial charge in [-0.2, -0.15) is 0 Å². The maximum atomic E-state index is 5.95. The first-order chi connectivity index (χ1) is 6.75. The summed E-state index contributed by atoms with van der Waals surface area (Å²) in [5.74, 6) is 0.702. The summed E-state index contributed by atoms with van der Waals surface area (Å²) in [6.07, 6.45) is 4.52. The van der Waals surface area contributed by atoms with Crippen LogP contribution in [0.25, 0.3) is 5.65 Å². The number of pyridine rings is 1. The SMILES string of the molecule is Cc1c(C2CC2)nc2ccc(Cl)cn12. The molecule has 1 fully saturated rings. The Hall–Kier alpha value is -1.02. The van der Waals surface area contributed by atoms with Crippen LogP contribution in [0.15, 0.2) is 18.3 Å². The summed E-state index contributed by atoms with van der Waals surface area (Å²) in [4.78, 5) is 4.62. The van der Waals surface area contributed by atoms with Crippen molar-refractivity contribution in [3.8, 4) is 0 Å². The van der Waals surface area contributed by atoms with Crippen molar-refractivity contribution in [3.63, 3.8) is 0 Å². The smallest absolute Gasteiger partial charge is 0.137 e. The molecule has 0 aromatic carbocycles. The number of imidazole rings is 1. The minimum atomic E-state index is 0.702. The molecule has 0 amide bonds. The van der Waals surface area contributed by atoms with Gasteiger partial charge in [-0.1, -0.05) is 11.6 Å². The number of halogens is 1. The van der Waals surface area contributed by atoms with Crippen LogP contribution < -0.4 is 0 Å². The van der Waals surface area contributed by atoms with Crippen molar-refractivity contribution in [3.05, 3.63) is 34.7 Å². The van der Waals surface area contributed by atoms with Gasteiger partial charge in [-0.25, -0.2) is 4.98 Å². The molecule has 0 unspecified atom stereocenters. The van der Waals surface area contributed by atoms with Crippen LogP contribution in [0.5, 0.6) is 0 Å². The largest absolute Gasteiger partial charge is 0.303 e. The zero-order chi connectivity index (χ0) is 9.71. The van der Waals surface area contributed by atoms with E-state index in [1.807, 2.05) is 18.3 Å². The topological polar surface area (TPSA) is 17.3 Å². The Morgan fingerprint density at radius 3 is 2.93 bits per heavy atom. The van der Waals surface area contributed by atoms with Gasteiger partial charge in [-0.05, 0) is 31.9 Å². The van der Waals surface area contributed by atoms with Crippen LogP contribution in [0, 0.1) is 6.92 Å². The van der Waals surface area contributed by atoms with E-state index in [0.717, 1.165) is 10.7 Å². The summed E-state index contributed by atoms with van der Waals surface area (Å²) >= 11 is 5.95. The van der Waals surface area contributed by atoms with Crippen molar-refractivity contribution in [1.29, 1.82) is 0 Å². The highest BCUT2D eigenvalue weighted by Gasteiger charge is 2.28. The first-order valence-corrected chi connectivity index (χ1v) is 5.27. The lowest BCUT2D eigenvalue weighted by Crippen LogP contribution is -1.87. The van der Waals surface area contributed by atoms with E-state index in [9.17, 15) is 0 Å². The number of nitrogens with zero attached hydrogens (tertiary/aromatic N) is 2. The third-order valence-corrected chi connectivity index (χ3v) is 3.05. The monoisotopic (exact) mass is 206 g/mol. The van der Waals surface area contributed by atoms with Crippen molar-refractivity contribution in [1.82, 2.24) is 9.38 Å². The van der Waals surface area contributed by atoms with Gasteiger partial charge in [0.15, 0.2) is 0 Å². The molecule has 2 aromatic rings. The fraction of sp³-hybridized carbons (Fsp3) is 0.364. The molecule has 0 radical (unpaired) electrons. The lowest BCUT2D eigenvalue weighted by atomic mass is 10.2. The average Bonchev–Trinajstić information content (AvgIpc) is 2.95. The van der Waals surface area contributed by atoms with Gasteiger partial charge in [-0.3, -0.25) is 0 Å². The van der Waals surface area contributed by atoms with Gasteiger partial charge in [0.2, 0.25) is 0 Å². The molecule has 14 heavy (non-hydrogen) atoms. The second-order valence-electron chi connectivity index (χ2n) is 3.93. The van der Waals surface area contributed by atoms with Gasteiger partial charge in [0.25, 0.3) is 0 Å². The quantitative estimate of drug-likeness (QED) is 0.701. The summed E-state index contributed by atoms with van der Waals surface area (Å²) in [6.45, 7) is 2.12. The minimum absolute atomic E-state index is 0.702. The third-order valence-electron chi connectivity index (χ3n) is 2.82. The van der Waals surface area contributed by atoms with Crippen LogP contribution in [0.2, 0.25) is 5.02 Å². The molecule has 2 aromatic heterocycles. The second kappa shape index (κ2) is 2.74. The Labute approximate surface area is 87.5 Å². The fourth-order valence-electron chi connectivity index (χ4n) is 1.90. The number of rotatable bonds is 1. The van der Waals surface area contributed by atoms with Crippen molar-refractivity contribution in [2.24, 2.45) is 0 Å². The first kappa shape index (κ1) is 8.30. The van der Waals surface area contributed by atoms with Gasteiger partial charge in [-0.15, -0.1) is 0 Å². The molecule has 72 valence electrons. The van der Waals surface area contributed by atoms with E-state index in [2.05, 4.69) is 16.3 Å². The van der Waals surface area contributed by atoms with Gasteiger partial charge >= 0.3 is 0 Å². The Balaban J connectivity index is 2.29. The first-order valence-electron chi connectivity index (χ1n) is 4.90. The van der Waals surface area contributed by atoms with Crippen LogP contribution >= 0.6 is 11.6 Å². The lowest BCUT2D eigenvalue weighted by molar-refractivity contribution is 1.01. The molecular weight excluding hydrogens is 196 g/mol. The van der Waals surface area contributed by atoms with Crippen molar-refractivity contribution < 1.29 is 0 Å². The standard InChI is InChI=1S/C11H11ClN2/c1-7-11(8-2-3-8)13-10-5-4-9(12)6-14(7)10/h4-6,8H,2-3H2,1H3. The number of aromatic nitrogens is 2. The van der Waals surface area contributed by atoms with Crippen LogP contribution in [0.3, 0.4) is 0 Å². The maximum absolute atomic E-state index is 5.95. The molecule has 0 saturated heterocycles. The summed E-state index contributed by atoms with van der Waals surface area (Å²) < 4.78 is 2.08. The zero-order valence-electron chi connectivity index (χ0n) is 8.00. The normalized spacial score (nSPS) is 16.4. The molecule has 0 aliphatic heterocycles. The van der Waals surface area contributed by atoms with Gasteiger partial charge in [0, 0.05) is 17.8 Å². The molecular formula is C11H11ClN2. The van der Waals surface area contributed by atoms with E-state index in [0.29, 0.717) is 5.92 Å². The molecule has 2 nitrogen and oxygen atoms in total. The number of aryl methyl sites for hydroxylation is 1. The molecule has 0 spiro atoms. The molecule has 0 bridgehead atoms. The average molecular weight is 207 g/mol. The highest BCUT2D eigenvalue weighted by molar-refractivity contribution is 6.30. The number of hydrogen-bond acceptors (Lipinski definition) is 1. The van der Waals surface area contributed by atoms with Crippen LogP contribution in [0.4, 0.5) is 0 Å². The van der Waals surface area contributed by atoms with Crippen LogP contribution in [-0.4, -0.2) is 9.38 Å². The predicted molar refractivity (Wildman–Crippen MR) is 56.9 cm³/mol. The molecule has 1 aliphatic carbocycles. The molecule has 0 atom stereocenters. The zero-order valence-corrected chi connectivity index (χ0v) is 8.75. The summed E-state index contributed by atoms with van der Waals surface area (Å²) in [5.41, 5.74) is 3.51. The molecule has 3 heteroatoms. The summed E-state index contributed by atoms with van der Waals surface area (Å²) in [6, 6.07) is 3.86. The number of hydrogen-bond donors (Lipinski definition) is 0. The van der Waals surface area contributed by atoms with E-state index in [-0.39, 0.29) is 0 Å². The van der Waals surface area contributed by atoms with Gasteiger partial charge in [0.1, 0.15) is 5.65 Å². The molecule has 3 rings (SSSR count). The molecule has 1 aliphatic rings. The third kappa shape index (κ3) is 1.14. The highest BCUT2D eigenvalue weighted by Crippen LogP contribution is 2.41. The Bertz CT molecular complexity index is 497. The molecule has 0 N–H and O–H groups in total. The van der Waals surface area contributed by atoms with E-state index in [4.69, 9.17) is 11.6 Å².